The molecule has 120 valence electrons. The SMILES string of the molecule is CC(C)n1cnc(S(=O)(=O)N2CCC(O)(C(F)(F)F)C2)c1. The van der Waals surface area contributed by atoms with Gasteiger partial charge in [0.05, 0.1) is 12.9 Å². The van der Waals surface area contributed by atoms with Crippen LogP contribution >= 0.6 is 0 Å². The smallest absolute Gasteiger partial charge is 0.379 e. The summed E-state index contributed by atoms with van der Waals surface area (Å²) in [5.74, 6) is 0. The minimum absolute atomic E-state index is 0.0212. The van der Waals surface area contributed by atoms with E-state index in [1.165, 1.54) is 12.5 Å². The van der Waals surface area contributed by atoms with Gasteiger partial charge in [-0.05, 0) is 13.8 Å². The fourth-order valence-corrected chi connectivity index (χ4v) is 3.48. The molecule has 0 saturated carbocycles. The molecular weight excluding hydrogens is 311 g/mol. The maximum atomic E-state index is 12.7. The fourth-order valence-electron chi connectivity index (χ4n) is 2.06. The third-order valence-electron chi connectivity index (χ3n) is 3.52. The molecule has 1 saturated heterocycles. The molecule has 0 amide bonds. The summed E-state index contributed by atoms with van der Waals surface area (Å²) in [5, 5.41) is 9.23. The van der Waals surface area contributed by atoms with Gasteiger partial charge in [-0.25, -0.2) is 13.4 Å². The molecular formula is C11H16F3N3O3S. The van der Waals surface area contributed by atoms with Crippen molar-refractivity contribution in [2.75, 3.05) is 13.1 Å². The summed E-state index contributed by atoms with van der Waals surface area (Å²) in [6.07, 6.45) is -2.97. The summed E-state index contributed by atoms with van der Waals surface area (Å²) in [4.78, 5) is 3.73. The lowest BCUT2D eigenvalue weighted by Gasteiger charge is -2.25. The minimum Gasteiger partial charge on any atom is -0.379 e. The van der Waals surface area contributed by atoms with Gasteiger partial charge in [-0.2, -0.15) is 17.5 Å². The predicted molar refractivity (Wildman–Crippen MR) is 67.0 cm³/mol. The zero-order valence-corrected chi connectivity index (χ0v) is 12.3. The van der Waals surface area contributed by atoms with Crippen LogP contribution in [0.2, 0.25) is 0 Å². The second-order valence-electron chi connectivity index (χ2n) is 5.37. The number of imidazole rings is 1. The summed E-state index contributed by atoms with van der Waals surface area (Å²) in [7, 11) is -4.14. The Morgan fingerprint density at radius 3 is 2.48 bits per heavy atom. The van der Waals surface area contributed by atoms with Crippen molar-refractivity contribution in [1.82, 2.24) is 13.9 Å². The van der Waals surface area contributed by atoms with Crippen molar-refractivity contribution < 1.29 is 26.7 Å². The predicted octanol–water partition coefficient (Wildman–Crippen LogP) is 1.15. The quantitative estimate of drug-likeness (QED) is 0.904. The Morgan fingerprint density at radius 1 is 1.43 bits per heavy atom. The van der Waals surface area contributed by atoms with Crippen LogP contribution in [0.3, 0.4) is 0 Å². The van der Waals surface area contributed by atoms with Gasteiger partial charge >= 0.3 is 6.18 Å². The number of sulfonamides is 1. The van der Waals surface area contributed by atoms with Crippen molar-refractivity contribution in [3.63, 3.8) is 0 Å². The maximum absolute atomic E-state index is 12.7. The minimum atomic E-state index is -4.87. The molecule has 0 aromatic carbocycles. The molecule has 1 unspecified atom stereocenters. The maximum Gasteiger partial charge on any atom is 0.418 e. The van der Waals surface area contributed by atoms with Gasteiger partial charge < -0.3 is 9.67 Å². The Hall–Kier alpha value is -1.13. The van der Waals surface area contributed by atoms with Crippen LogP contribution in [0.5, 0.6) is 0 Å². The normalized spacial score (nSPS) is 24.9. The average molecular weight is 327 g/mol. The lowest BCUT2D eigenvalue weighted by Crippen LogP contribution is -2.48. The van der Waals surface area contributed by atoms with Gasteiger partial charge in [0.2, 0.25) is 0 Å². The molecule has 1 fully saturated rings. The summed E-state index contributed by atoms with van der Waals surface area (Å²) < 4.78 is 64.9. The van der Waals surface area contributed by atoms with Crippen LogP contribution in [0.4, 0.5) is 13.2 Å². The Labute approximate surface area is 120 Å². The van der Waals surface area contributed by atoms with Crippen LogP contribution in [0.15, 0.2) is 17.6 Å². The van der Waals surface area contributed by atoms with Crippen LogP contribution in [0.1, 0.15) is 26.3 Å². The lowest BCUT2D eigenvalue weighted by molar-refractivity contribution is -0.252. The van der Waals surface area contributed by atoms with E-state index in [2.05, 4.69) is 4.98 Å². The molecule has 0 radical (unpaired) electrons. The molecule has 1 aromatic heterocycles. The summed E-state index contributed by atoms with van der Waals surface area (Å²) >= 11 is 0. The summed E-state index contributed by atoms with van der Waals surface area (Å²) in [6.45, 7) is 2.23. The molecule has 1 aromatic rings. The number of aromatic nitrogens is 2. The zero-order valence-electron chi connectivity index (χ0n) is 11.5. The van der Waals surface area contributed by atoms with Crippen molar-refractivity contribution in [3.05, 3.63) is 12.5 Å². The molecule has 2 heterocycles. The number of aliphatic hydroxyl groups is 1. The largest absolute Gasteiger partial charge is 0.418 e. The van der Waals surface area contributed by atoms with Crippen molar-refractivity contribution in [2.45, 2.75) is 43.1 Å². The topological polar surface area (TPSA) is 75.4 Å². The van der Waals surface area contributed by atoms with Crippen LogP contribution in [0, 0.1) is 0 Å². The van der Waals surface area contributed by atoms with Gasteiger partial charge in [0.15, 0.2) is 10.6 Å². The number of hydrogen-bond acceptors (Lipinski definition) is 4. The highest BCUT2D eigenvalue weighted by Crippen LogP contribution is 2.39. The van der Waals surface area contributed by atoms with Crippen molar-refractivity contribution >= 4 is 10.0 Å². The first-order valence-corrected chi connectivity index (χ1v) is 7.74. The number of alkyl halides is 3. The van der Waals surface area contributed by atoms with Crippen LogP contribution in [-0.2, 0) is 10.0 Å². The zero-order chi connectivity index (χ0) is 16.1. The first kappa shape index (κ1) is 16.2. The third kappa shape index (κ3) is 2.79. The highest BCUT2D eigenvalue weighted by Gasteiger charge is 2.59. The standard InChI is InChI=1S/C11H16F3N3O3S/c1-8(2)16-5-9(15-7-16)21(19,20)17-4-3-10(18,6-17)11(12,13)14/h5,7-8,18H,3-4,6H2,1-2H3. The number of hydrogen-bond donors (Lipinski definition) is 1. The molecule has 6 nitrogen and oxygen atoms in total. The van der Waals surface area contributed by atoms with E-state index in [1.807, 2.05) is 13.8 Å². The van der Waals surface area contributed by atoms with Gasteiger partial charge in [-0.15, -0.1) is 0 Å². The number of nitrogens with zero attached hydrogens (tertiary/aromatic N) is 3. The van der Waals surface area contributed by atoms with E-state index < -0.39 is 41.3 Å². The van der Waals surface area contributed by atoms with E-state index in [9.17, 15) is 26.7 Å². The molecule has 1 N–H and O–H groups in total. The Bertz CT molecular complexity index is 626. The molecule has 1 aliphatic rings. The van der Waals surface area contributed by atoms with E-state index >= 15 is 0 Å². The van der Waals surface area contributed by atoms with Gasteiger partial charge in [0.1, 0.15) is 0 Å². The number of halogens is 3. The second-order valence-corrected chi connectivity index (χ2v) is 7.26. The Morgan fingerprint density at radius 2 is 2.05 bits per heavy atom. The Balaban J connectivity index is 2.26. The molecule has 0 aliphatic carbocycles. The second kappa shape index (κ2) is 4.96. The summed E-state index contributed by atoms with van der Waals surface area (Å²) in [6, 6.07) is -0.0212. The van der Waals surface area contributed by atoms with E-state index in [0.717, 1.165) is 0 Å². The average Bonchev–Trinajstić information content (AvgIpc) is 2.94. The van der Waals surface area contributed by atoms with Gasteiger partial charge in [-0.3, -0.25) is 0 Å². The third-order valence-corrected chi connectivity index (χ3v) is 5.25. The molecule has 21 heavy (non-hydrogen) atoms. The van der Waals surface area contributed by atoms with Crippen molar-refractivity contribution in [1.29, 1.82) is 0 Å². The molecule has 1 aliphatic heterocycles. The molecule has 0 bridgehead atoms. The van der Waals surface area contributed by atoms with Gasteiger partial charge in [-0.1, -0.05) is 0 Å². The van der Waals surface area contributed by atoms with Crippen LogP contribution < -0.4 is 0 Å². The van der Waals surface area contributed by atoms with Gasteiger partial charge in [0, 0.05) is 25.2 Å². The van der Waals surface area contributed by atoms with Crippen molar-refractivity contribution in [3.8, 4) is 0 Å². The van der Waals surface area contributed by atoms with Crippen molar-refractivity contribution in [2.24, 2.45) is 0 Å². The van der Waals surface area contributed by atoms with E-state index in [1.54, 1.807) is 4.57 Å². The highest BCUT2D eigenvalue weighted by molar-refractivity contribution is 7.89. The van der Waals surface area contributed by atoms with Crippen LogP contribution in [-0.4, -0.2) is 52.2 Å². The number of β-amino-alcohol motifs (C(OH)–C–C–N with tert-alkyl or cyclic N) is 1. The van der Waals surface area contributed by atoms with Crippen LogP contribution in [0.25, 0.3) is 0 Å². The fraction of sp³-hybridized carbons (Fsp3) is 0.727. The first-order valence-electron chi connectivity index (χ1n) is 6.30. The van der Waals surface area contributed by atoms with E-state index in [-0.39, 0.29) is 11.1 Å². The van der Waals surface area contributed by atoms with E-state index in [0.29, 0.717) is 4.31 Å². The first-order chi connectivity index (χ1) is 9.47. The highest BCUT2D eigenvalue weighted by atomic mass is 32.2. The Kier molecular flexibility index (Phi) is 3.83. The molecule has 1 atom stereocenters. The molecule has 10 heteroatoms. The van der Waals surface area contributed by atoms with Gasteiger partial charge in [0.25, 0.3) is 10.0 Å². The summed E-state index contributed by atoms with van der Waals surface area (Å²) in [5.41, 5.74) is -3.00. The van der Waals surface area contributed by atoms with E-state index in [4.69, 9.17) is 0 Å². The lowest BCUT2D eigenvalue weighted by atomic mass is 10.0. The monoisotopic (exact) mass is 327 g/mol. The molecule has 0 spiro atoms. The number of rotatable bonds is 3. The molecule has 2 rings (SSSR count).